The first-order chi connectivity index (χ1) is 6.55. The second-order valence-corrected chi connectivity index (χ2v) is 4.87. The number of piperidine rings is 1. The zero-order valence-electron chi connectivity index (χ0n) is 8.44. The Bertz CT molecular complexity index is 214. The fourth-order valence-corrected chi connectivity index (χ4v) is 2.42. The average Bonchev–Trinajstić information content (AvgIpc) is 2.84. The Hall–Kier alpha value is -0.220. The van der Waals surface area contributed by atoms with E-state index in [0.717, 1.165) is 19.5 Å². The number of alkyl halides is 2. The van der Waals surface area contributed by atoms with Gasteiger partial charge in [0.15, 0.2) is 0 Å². The molecule has 1 aliphatic carbocycles. The van der Waals surface area contributed by atoms with Crippen LogP contribution in [0.25, 0.3) is 0 Å². The van der Waals surface area contributed by atoms with Crippen LogP contribution in [0.15, 0.2) is 0 Å². The van der Waals surface area contributed by atoms with Crippen molar-refractivity contribution in [1.82, 2.24) is 4.90 Å². The normalized spacial score (nSPS) is 26.8. The maximum Gasteiger partial charge on any atom is 0.272 e. The van der Waals surface area contributed by atoms with Gasteiger partial charge in [-0.1, -0.05) is 0 Å². The van der Waals surface area contributed by atoms with Gasteiger partial charge in [-0.2, -0.15) is 0 Å². The Kier molecular flexibility index (Phi) is 2.52. The van der Waals surface area contributed by atoms with Gasteiger partial charge in [0.05, 0.1) is 13.1 Å². The molecule has 2 nitrogen and oxygen atoms in total. The first kappa shape index (κ1) is 10.3. The van der Waals surface area contributed by atoms with Crippen LogP contribution in [0.2, 0.25) is 0 Å². The summed E-state index contributed by atoms with van der Waals surface area (Å²) in [6.07, 6.45) is 4.77. The lowest BCUT2D eigenvalue weighted by atomic mass is 9.95. The largest absolute Gasteiger partial charge is 0.325 e. The van der Waals surface area contributed by atoms with Crippen molar-refractivity contribution in [3.63, 3.8) is 0 Å². The van der Waals surface area contributed by atoms with Crippen LogP contribution in [0.5, 0.6) is 0 Å². The highest BCUT2D eigenvalue weighted by atomic mass is 19.3. The van der Waals surface area contributed by atoms with E-state index in [1.54, 1.807) is 0 Å². The lowest BCUT2D eigenvalue weighted by Crippen LogP contribution is -2.46. The van der Waals surface area contributed by atoms with Gasteiger partial charge in [0.1, 0.15) is 0 Å². The van der Waals surface area contributed by atoms with Gasteiger partial charge < -0.3 is 5.73 Å². The molecule has 82 valence electrons. The predicted molar refractivity (Wildman–Crippen MR) is 51.3 cm³/mol. The summed E-state index contributed by atoms with van der Waals surface area (Å²) in [5.41, 5.74) is 5.45. The van der Waals surface area contributed by atoms with E-state index in [9.17, 15) is 8.78 Å². The Labute approximate surface area is 83.4 Å². The molecule has 2 N–H and O–H groups in total. The molecule has 1 aliphatic heterocycles. The molecule has 0 atom stereocenters. The smallest absolute Gasteiger partial charge is 0.272 e. The molecule has 0 unspecified atom stereocenters. The number of halogens is 2. The van der Waals surface area contributed by atoms with Crippen molar-refractivity contribution in [2.45, 2.75) is 31.6 Å². The summed E-state index contributed by atoms with van der Waals surface area (Å²) in [7, 11) is 0. The van der Waals surface area contributed by atoms with Crippen molar-refractivity contribution in [2.75, 3.05) is 26.2 Å². The summed E-state index contributed by atoms with van der Waals surface area (Å²) in [5, 5.41) is 0. The molecule has 1 saturated carbocycles. The van der Waals surface area contributed by atoms with E-state index in [1.807, 2.05) is 4.90 Å². The highest BCUT2D eigenvalue weighted by Crippen LogP contribution is 2.52. The molecule has 2 fully saturated rings. The number of hydrogen-bond acceptors (Lipinski definition) is 2. The quantitative estimate of drug-likeness (QED) is 0.754. The predicted octanol–water partition coefficient (Wildman–Crippen LogP) is 1.46. The van der Waals surface area contributed by atoms with Gasteiger partial charge in [0, 0.05) is 6.54 Å². The van der Waals surface area contributed by atoms with Crippen LogP contribution in [0.3, 0.4) is 0 Å². The van der Waals surface area contributed by atoms with E-state index in [0.29, 0.717) is 5.41 Å². The van der Waals surface area contributed by atoms with E-state index >= 15 is 0 Å². The molecule has 14 heavy (non-hydrogen) atoms. The lowest BCUT2D eigenvalue weighted by molar-refractivity contribution is -0.0343. The summed E-state index contributed by atoms with van der Waals surface area (Å²) in [5.74, 6) is -2.70. The molecular weight excluding hydrogens is 186 g/mol. The molecule has 0 aromatic rings. The monoisotopic (exact) mass is 204 g/mol. The maximum atomic E-state index is 13.0. The summed E-state index contributed by atoms with van der Waals surface area (Å²) in [4.78, 5) is 1.89. The maximum absolute atomic E-state index is 13.0. The minimum atomic E-state index is -2.70. The number of likely N-dealkylation sites (tertiary alicyclic amines) is 1. The molecule has 4 heteroatoms. The van der Waals surface area contributed by atoms with E-state index < -0.39 is 12.5 Å². The number of hydrogen-bond donors (Lipinski definition) is 1. The van der Waals surface area contributed by atoms with Crippen molar-refractivity contribution in [3.05, 3.63) is 0 Å². The Morgan fingerprint density at radius 1 is 1.29 bits per heavy atom. The SMILES string of the molecule is NCC(F)(F)CN1CCCC2(CC2)C1. The lowest BCUT2D eigenvalue weighted by Gasteiger charge is -2.34. The van der Waals surface area contributed by atoms with Gasteiger partial charge in [-0.15, -0.1) is 0 Å². The second kappa shape index (κ2) is 3.42. The standard InChI is InChI=1S/C10H18F2N2/c11-10(12,6-13)8-14-5-1-2-9(7-14)3-4-9/h1-8,13H2. The van der Waals surface area contributed by atoms with Crippen LogP contribution in [0.4, 0.5) is 8.78 Å². The molecule has 2 aliphatic rings. The third-order valence-electron chi connectivity index (χ3n) is 3.45. The van der Waals surface area contributed by atoms with Gasteiger partial charge in [0.2, 0.25) is 0 Å². The fraction of sp³-hybridized carbons (Fsp3) is 1.00. The minimum absolute atomic E-state index is 0.148. The first-order valence-electron chi connectivity index (χ1n) is 5.36. The first-order valence-corrected chi connectivity index (χ1v) is 5.36. The molecule has 2 rings (SSSR count). The average molecular weight is 204 g/mol. The molecule has 1 heterocycles. The number of nitrogens with two attached hydrogens (primary N) is 1. The van der Waals surface area contributed by atoms with Crippen molar-refractivity contribution in [1.29, 1.82) is 0 Å². The van der Waals surface area contributed by atoms with Crippen molar-refractivity contribution >= 4 is 0 Å². The van der Waals surface area contributed by atoms with Gasteiger partial charge in [-0.3, -0.25) is 4.90 Å². The third kappa shape index (κ3) is 2.23. The zero-order valence-corrected chi connectivity index (χ0v) is 8.44. The highest BCUT2D eigenvalue weighted by Gasteiger charge is 2.46. The summed E-state index contributed by atoms with van der Waals surface area (Å²) in [6, 6.07) is 0. The number of nitrogens with zero attached hydrogens (tertiary/aromatic N) is 1. The Balaban J connectivity index is 1.86. The van der Waals surface area contributed by atoms with E-state index in [-0.39, 0.29) is 6.54 Å². The van der Waals surface area contributed by atoms with Crippen LogP contribution < -0.4 is 5.73 Å². The summed E-state index contributed by atoms with van der Waals surface area (Å²) >= 11 is 0. The summed E-state index contributed by atoms with van der Waals surface area (Å²) in [6.45, 7) is 1.00. The van der Waals surface area contributed by atoms with E-state index in [1.165, 1.54) is 19.3 Å². The Morgan fingerprint density at radius 2 is 2.00 bits per heavy atom. The Morgan fingerprint density at radius 3 is 2.57 bits per heavy atom. The van der Waals surface area contributed by atoms with Crippen LogP contribution in [-0.2, 0) is 0 Å². The third-order valence-corrected chi connectivity index (χ3v) is 3.45. The van der Waals surface area contributed by atoms with Crippen molar-refractivity contribution in [2.24, 2.45) is 11.1 Å². The molecule has 0 radical (unpaired) electrons. The van der Waals surface area contributed by atoms with Gasteiger partial charge in [-0.25, -0.2) is 8.78 Å². The van der Waals surface area contributed by atoms with E-state index in [4.69, 9.17) is 5.73 Å². The molecule has 1 saturated heterocycles. The van der Waals surface area contributed by atoms with Crippen LogP contribution in [0, 0.1) is 5.41 Å². The highest BCUT2D eigenvalue weighted by molar-refractivity contribution is 4.98. The molecule has 0 bridgehead atoms. The van der Waals surface area contributed by atoms with Crippen LogP contribution >= 0.6 is 0 Å². The molecule has 0 aromatic heterocycles. The summed E-state index contributed by atoms with van der Waals surface area (Å²) < 4.78 is 26.1. The van der Waals surface area contributed by atoms with Gasteiger partial charge >= 0.3 is 0 Å². The molecule has 0 amide bonds. The fourth-order valence-electron chi connectivity index (χ4n) is 2.42. The number of rotatable bonds is 3. The van der Waals surface area contributed by atoms with Gasteiger partial charge in [-0.05, 0) is 37.6 Å². The van der Waals surface area contributed by atoms with Gasteiger partial charge in [0.25, 0.3) is 5.92 Å². The topological polar surface area (TPSA) is 29.3 Å². The van der Waals surface area contributed by atoms with Crippen molar-refractivity contribution in [3.8, 4) is 0 Å². The minimum Gasteiger partial charge on any atom is -0.325 e. The van der Waals surface area contributed by atoms with Crippen LogP contribution in [-0.4, -0.2) is 37.0 Å². The second-order valence-electron chi connectivity index (χ2n) is 4.87. The zero-order chi connectivity index (χ0) is 10.2. The molecular formula is C10H18F2N2. The molecule has 1 spiro atoms. The van der Waals surface area contributed by atoms with Crippen molar-refractivity contribution < 1.29 is 8.78 Å². The van der Waals surface area contributed by atoms with E-state index in [2.05, 4.69) is 0 Å². The molecule has 0 aromatic carbocycles. The van der Waals surface area contributed by atoms with Crippen LogP contribution in [0.1, 0.15) is 25.7 Å².